The number of ether oxygens (including phenoxy) is 1. The summed E-state index contributed by atoms with van der Waals surface area (Å²) in [5, 5.41) is 5.69. The van der Waals surface area contributed by atoms with Crippen LogP contribution in [0.3, 0.4) is 0 Å². The van der Waals surface area contributed by atoms with E-state index in [0.717, 1.165) is 36.0 Å². The first kappa shape index (κ1) is 28.5. The van der Waals surface area contributed by atoms with E-state index >= 15 is 0 Å². The summed E-state index contributed by atoms with van der Waals surface area (Å²) in [6.07, 6.45) is 2.31. The SMILES string of the molecule is CCCCCNC(=O)C(c1cc(C)ccc1C)N(C)C(=O)C(NC(=O)OC(C)(C)C)C(C)C. The Morgan fingerprint density at radius 3 is 2.27 bits per heavy atom. The number of unbranched alkanes of at least 4 members (excludes halogenated alkanes) is 2. The maximum Gasteiger partial charge on any atom is 0.408 e. The summed E-state index contributed by atoms with van der Waals surface area (Å²) in [4.78, 5) is 40.7. The van der Waals surface area contributed by atoms with Gasteiger partial charge in [0.2, 0.25) is 11.8 Å². The first-order chi connectivity index (χ1) is 15.3. The van der Waals surface area contributed by atoms with Crippen molar-refractivity contribution in [2.75, 3.05) is 13.6 Å². The average molecular weight is 462 g/mol. The molecule has 0 spiro atoms. The van der Waals surface area contributed by atoms with Gasteiger partial charge in [0.15, 0.2) is 0 Å². The number of nitrogens with one attached hydrogen (secondary N) is 2. The molecule has 0 saturated carbocycles. The number of carbonyl (C=O) groups is 3. The van der Waals surface area contributed by atoms with Gasteiger partial charge in [-0.25, -0.2) is 4.79 Å². The smallest absolute Gasteiger partial charge is 0.408 e. The van der Waals surface area contributed by atoms with E-state index in [1.165, 1.54) is 4.90 Å². The zero-order chi connectivity index (χ0) is 25.3. The molecule has 0 heterocycles. The Bertz CT molecular complexity index is 814. The molecule has 1 aromatic carbocycles. The van der Waals surface area contributed by atoms with Crippen molar-refractivity contribution < 1.29 is 19.1 Å². The van der Waals surface area contributed by atoms with Gasteiger partial charge in [-0.15, -0.1) is 0 Å². The fourth-order valence-electron chi connectivity index (χ4n) is 3.56. The minimum atomic E-state index is -0.828. The van der Waals surface area contributed by atoms with Crippen LogP contribution in [0, 0.1) is 19.8 Å². The lowest BCUT2D eigenvalue weighted by Crippen LogP contribution is -2.53. The van der Waals surface area contributed by atoms with Gasteiger partial charge >= 0.3 is 6.09 Å². The number of likely N-dealkylation sites (N-methyl/N-ethyl adjacent to an activating group) is 1. The lowest BCUT2D eigenvalue weighted by Gasteiger charge is -2.33. The number of nitrogens with zero attached hydrogens (tertiary/aromatic N) is 1. The standard InChI is InChI=1S/C26H43N3O4/c1-10-11-12-15-27-23(30)22(20-16-18(4)13-14-19(20)5)29(9)24(31)21(17(2)3)28-25(32)33-26(6,7)8/h13-14,16-17,21-22H,10-12,15H2,1-9H3,(H,27,30)(H,28,32). The summed E-state index contributed by atoms with van der Waals surface area (Å²) in [7, 11) is 1.62. The quantitative estimate of drug-likeness (QED) is 0.496. The Hall–Kier alpha value is -2.57. The lowest BCUT2D eigenvalue weighted by molar-refractivity contribution is -0.141. The molecule has 0 saturated heterocycles. The van der Waals surface area contributed by atoms with Gasteiger partial charge in [-0.2, -0.15) is 0 Å². The van der Waals surface area contributed by atoms with E-state index in [4.69, 9.17) is 4.74 Å². The highest BCUT2D eigenvalue weighted by molar-refractivity contribution is 5.92. The number of hydrogen-bond donors (Lipinski definition) is 2. The molecule has 0 fully saturated rings. The van der Waals surface area contributed by atoms with Crippen molar-refractivity contribution in [1.29, 1.82) is 0 Å². The molecule has 0 aliphatic heterocycles. The molecular formula is C26H43N3O4. The zero-order valence-electron chi connectivity index (χ0n) is 21.9. The van der Waals surface area contributed by atoms with Crippen LogP contribution >= 0.6 is 0 Å². The van der Waals surface area contributed by atoms with Gasteiger partial charge < -0.3 is 20.3 Å². The number of benzene rings is 1. The molecule has 0 bridgehead atoms. The van der Waals surface area contributed by atoms with Crippen LogP contribution in [0.5, 0.6) is 0 Å². The van der Waals surface area contributed by atoms with Crippen LogP contribution in [-0.2, 0) is 14.3 Å². The van der Waals surface area contributed by atoms with Crippen LogP contribution in [0.25, 0.3) is 0 Å². The minimum Gasteiger partial charge on any atom is -0.444 e. The molecular weight excluding hydrogens is 418 g/mol. The van der Waals surface area contributed by atoms with E-state index in [1.54, 1.807) is 27.8 Å². The van der Waals surface area contributed by atoms with Crippen molar-refractivity contribution in [3.63, 3.8) is 0 Å². The molecule has 1 rings (SSSR count). The Morgan fingerprint density at radius 1 is 1.09 bits per heavy atom. The first-order valence-corrected chi connectivity index (χ1v) is 11.9. The molecule has 0 aromatic heterocycles. The second-order valence-electron chi connectivity index (χ2n) is 10.1. The van der Waals surface area contributed by atoms with E-state index in [2.05, 4.69) is 17.6 Å². The minimum absolute atomic E-state index is 0.195. The average Bonchev–Trinajstić information content (AvgIpc) is 2.70. The van der Waals surface area contributed by atoms with Gasteiger partial charge in [0, 0.05) is 13.6 Å². The van der Waals surface area contributed by atoms with Gasteiger partial charge in [0.25, 0.3) is 0 Å². The number of hydrogen-bond acceptors (Lipinski definition) is 4. The largest absolute Gasteiger partial charge is 0.444 e. The molecule has 0 aliphatic carbocycles. The predicted octanol–water partition coefficient (Wildman–Crippen LogP) is 4.66. The maximum atomic E-state index is 13.6. The second kappa shape index (κ2) is 12.6. The highest BCUT2D eigenvalue weighted by Crippen LogP contribution is 2.26. The summed E-state index contributed by atoms with van der Waals surface area (Å²) < 4.78 is 5.35. The number of rotatable bonds is 10. The maximum absolute atomic E-state index is 13.6. The van der Waals surface area contributed by atoms with E-state index in [-0.39, 0.29) is 17.7 Å². The van der Waals surface area contributed by atoms with Crippen molar-refractivity contribution in [3.05, 3.63) is 34.9 Å². The van der Waals surface area contributed by atoms with Crippen LogP contribution in [0.1, 0.15) is 83.5 Å². The van der Waals surface area contributed by atoms with Crippen LogP contribution in [0.15, 0.2) is 18.2 Å². The summed E-state index contributed by atoms with van der Waals surface area (Å²) in [5.74, 6) is -0.764. The molecule has 0 radical (unpaired) electrons. The molecule has 186 valence electrons. The van der Waals surface area contributed by atoms with E-state index < -0.39 is 23.8 Å². The fraction of sp³-hybridized carbons (Fsp3) is 0.654. The molecule has 7 nitrogen and oxygen atoms in total. The van der Waals surface area contributed by atoms with E-state index in [0.29, 0.717) is 6.54 Å². The highest BCUT2D eigenvalue weighted by atomic mass is 16.6. The molecule has 3 amide bonds. The third-order valence-electron chi connectivity index (χ3n) is 5.40. The third-order valence-corrected chi connectivity index (χ3v) is 5.40. The van der Waals surface area contributed by atoms with Gasteiger partial charge in [0.05, 0.1) is 0 Å². The summed E-state index contributed by atoms with van der Waals surface area (Å²) in [6.45, 7) is 15.6. The van der Waals surface area contributed by atoms with Crippen molar-refractivity contribution >= 4 is 17.9 Å². The molecule has 1 aromatic rings. The highest BCUT2D eigenvalue weighted by Gasteiger charge is 2.36. The van der Waals surface area contributed by atoms with E-state index in [9.17, 15) is 14.4 Å². The Morgan fingerprint density at radius 2 is 1.73 bits per heavy atom. The van der Waals surface area contributed by atoms with Crippen molar-refractivity contribution in [3.8, 4) is 0 Å². The van der Waals surface area contributed by atoms with Gasteiger partial charge in [-0.3, -0.25) is 9.59 Å². The van der Waals surface area contributed by atoms with Crippen molar-refractivity contribution in [1.82, 2.24) is 15.5 Å². The monoisotopic (exact) mass is 461 g/mol. The Kier molecular flexibility index (Phi) is 10.9. The number of carbonyl (C=O) groups excluding carboxylic acids is 3. The predicted molar refractivity (Wildman–Crippen MR) is 132 cm³/mol. The zero-order valence-corrected chi connectivity index (χ0v) is 21.9. The number of alkyl carbamates (subject to hydrolysis) is 1. The first-order valence-electron chi connectivity index (χ1n) is 11.9. The van der Waals surface area contributed by atoms with Gasteiger partial charge in [-0.1, -0.05) is 57.4 Å². The van der Waals surface area contributed by atoms with Crippen molar-refractivity contribution in [2.24, 2.45) is 5.92 Å². The number of aryl methyl sites for hydroxylation is 2. The number of amides is 3. The van der Waals surface area contributed by atoms with Gasteiger partial charge in [0.1, 0.15) is 17.7 Å². The van der Waals surface area contributed by atoms with Crippen LogP contribution in [0.2, 0.25) is 0 Å². The van der Waals surface area contributed by atoms with Crippen LogP contribution in [-0.4, -0.2) is 48.0 Å². The van der Waals surface area contributed by atoms with E-state index in [1.807, 2.05) is 45.9 Å². The summed E-state index contributed by atoms with van der Waals surface area (Å²) in [6, 6.07) is 4.25. The Labute approximate surface area is 199 Å². The summed E-state index contributed by atoms with van der Waals surface area (Å²) in [5.41, 5.74) is 2.03. The molecule has 7 heteroatoms. The van der Waals surface area contributed by atoms with Gasteiger partial charge in [-0.05, 0) is 58.1 Å². The Balaban J connectivity index is 3.23. The normalized spacial score (nSPS) is 13.3. The van der Waals surface area contributed by atoms with Crippen LogP contribution < -0.4 is 10.6 Å². The lowest BCUT2D eigenvalue weighted by atomic mass is 9.95. The molecule has 2 N–H and O–H groups in total. The topological polar surface area (TPSA) is 87.7 Å². The molecule has 33 heavy (non-hydrogen) atoms. The molecule has 2 unspecified atom stereocenters. The molecule has 2 atom stereocenters. The molecule has 0 aliphatic rings. The fourth-order valence-corrected chi connectivity index (χ4v) is 3.56. The van der Waals surface area contributed by atoms with Crippen LogP contribution in [0.4, 0.5) is 4.79 Å². The van der Waals surface area contributed by atoms with Crippen molar-refractivity contribution in [2.45, 2.75) is 92.3 Å². The second-order valence-corrected chi connectivity index (χ2v) is 10.1. The third kappa shape index (κ3) is 9.06. The summed E-state index contributed by atoms with van der Waals surface area (Å²) >= 11 is 0.